The van der Waals surface area contributed by atoms with Crippen LogP contribution in [0, 0.1) is 0 Å². The Hall–Kier alpha value is -0.680. The van der Waals surface area contributed by atoms with Crippen molar-refractivity contribution in [3.8, 4) is 0 Å². The van der Waals surface area contributed by atoms with Gasteiger partial charge in [-0.25, -0.2) is 14.8 Å². The van der Waals surface area contributed by atoms with Gasteiger partial charge in [0, 0.05) is 24.4 Å². The molecule has 3 atom stereocenters. The lowest BCUT2D eigenvalue weighted by atomic mass is 10.0. The summed E-state index contributed by atoms with van der Waals surface area (Å²) in [5.41, 5.74) is 0. The van der Waals surface area contributed by atoms with E-state index < -0.39 is 10.0 Å². The zero-order valence-electron chi connectivity index (χ0n) is 12.9. The summed E-state index contributed by atoms with van der Waals surface area (Å²) < 4.78 is 5.50. The molecule has 1 amide bonds. The van der Waals surface area contributed by atoms with Crippen LogP contribution in [0.25, 0.3) is 0 Å². The number of carbonyl (C=O) groups excluding carboxylic acids is 1. The molecule has 2 bridgehead atoms. The smallest absolute Gasteiger partial charge is 0.410 e. The molecule has 2 heterocycles. The highest BCUT2D eigenvalue weighted by Gasteiger charge is 2.42. The topological polar surface area (TPSA) is 41.6 Å². The third-order valence-electron chi connectivity index (χ3n) is 4.12. The average molecular weight is 300 g/mol. The number of hydrogen-bond acceptors (Lipinski definition) is 3. The summed E-state index contributed by atoms with van der Waals surface area (Å²) in [6.45, 7) is 5.14. The number of nitrogens with zero attached hydrogens (tertiary/aromatic N) is 1. The van der Waals surface area contributed by atoms with Crippen LogP contribution in [0.15, 0.2) is 12.7 Å². The minimum absolute atomic E-state index is 0.140. The molecule has 2 rings (SSSR count). The van der Waals surface area contributed by atoms with Gasteiger partial charge in [-0.05, 0) is 38.0 Å². The van der Waals surface area contributed by atoms with Gasteiger partial charge in [-0.3, -0.25) is 0 Å². The van der Waals surface area contributed by atoms with Gasteiger partial charge < -0.3 is 15.0 Å². The van der Waals surface area contributed by atoms with Crippen LogP contribution in [0.2, 0.25) is 0 Å². The number of likely N-dealkylation sites (tertiary alicyclic amines) is 1. The monoisotopic (exact) mass is 300 g/mol. The first-order chi connectivity index (χ1) is 9.40. The Balaban J connectivity index is 1.91. The van der Waals surface area contributed by atoms with Crippen LogP contribution < -0.4 is 5.32 Å². The maximum Gasteiger partial charge on any atom is 0.410 e. The van der Waals surface area contributed by atoms with Crippen LogP contribution >= 0.6 is 10.0 Å². The van der Waals surface area contributed by atoms with Gasteiger partial charge in [0.15, 0.2) is 0 Å². The van der Waals surface area contributed by atoms with Crippen molar-refractivity contribution in [1.29, 1.82) is 0 Å². The van der Waals surface area contributed by atoms with E-state index in [1.807, 2.05) is 11.0 Å². The molecule has 0 aliphatic carbocycles. The van der Waals surface area contributed by atoms with E-state index in [2.05, 4.69) is 30.7 Å². The van der Waals surface area contributed by atoms with Gasteiger partial charge in [0.1, 0.15) is 6.61 Å². The number of nitrogens with one attached hydrogen (secondary N) is 1. The van der Waals surface area contributed by atoms with E-state index in [1.54, 1.807) is 0 Å². The molecule has 0 saturated carbocycles. The molecule has 0 aromatic carbocycles. The molecule has 2 saturated heterocycles. The Morgan fingerprint density at radius 3 is 2.85 bits per heavy atom. The van der Waals surface area contributed by atoms with E-state index >= 15 is 0 Å². The third kappa shape index (κ3) is 3.92. The van der Waals surface area contributed by atoms with Gasteiger partial charge in [0.25, 0.3) is 0 Å². The lowest BCUT2D eigenvalue weighted by molar-refractivity contribution is 0.0683. The van der Waals surface area contributed by atoms with Gasteiger partial charge in [0.2, 0.25) is 0 Å². The number of ether oxygens (including phenoxy) is 1. The number of hydrogen-bond donors (Lipinski definition) is 1. The van der Waals surface area contributed by atoms with Crippen LogP contribution in [0.3, 0.4) is 0 Å². The molecule has 2 aliphatic rings. The first-order valence-corrected chi connectivity index (χ1v) is 10.4. The molecule has 5 heteroatoms. The van der Waals surface area contributed by atoms with Crippen molar-refractivity contribution in [2.45, 2.75) is 37.4 Å². The van der Waals surface area contributed by atoms with Crippen LogP contribution in [0.4, 0.5) is 4.79 Å². The molecule has 20 heavy (non-hydrogen) atoms. The summed E-state index contributed by atoms with van der Waals surface area (Å²) >= 11 is 0. The van der Waals surface area contributed by atoms with Crippen molar-refractivity contribution in [1.82, 2.24) is 10.2 Å². The Morgan fingerprint density at radius 2 is 2.20 bits per heavy atom. The molecule has 0 aromatic rings. The molecule has 4 nitrogen and oxygen atoms in total. The molecular weight excluding hydrogens is 272 g/mol. The molecule has 0 spiro atoms. The summed E-state index contributed by atoms with van der Waals surface area (Å²) in [7, 11) is -0.608. The Bertz CT molecular complexity index is 367. The second kappa shape index (κ2) is 6.39. The quantitative estimate of drug-likeness (QED) is 0.792. The highest BCUT2D eigenvalue weighted by molar-refractivity contribution is 8.32. The second-order valence-electron chi connectivity index (χ2n) is 6.70. The zero-order valence-corrected chi connectivity index (χ0v) is 13.7. The number of fused-ring (bicyclic) bond motifs is 2. The van der Waals surface area contributed by atoms with E-state index in [0.717, 1.165) is 31.6 Å². The van der Waals surface area contributed by atoms with E-state index in [-0.39, 0.29) is 12.1 Å². The minimum Gasteiger partial charge on any atom is -0.449 e. The highest BCUT2D eigenvalue weighted by atomic mass is 32.3. The van der Waals surface area contributed by atoms with E-state index in [4.69, 9.17) is 4.74 Å². The van der Waals surface area contributed by atoms with Gasteiger partial charge in [-0.15, -0.1) is 6.58 Å². The summed E-state index contributed by atoms with van der Waals surface area (Å²) in [5, 5.41) is 3.60. The van der Waals surface area contributed by atoms with Gasteiger partial charge in [-0.2, -0.15) is 0 Å². The second-order valence-corrected chi connectivity index (χ2v) is 11.3. The molecule has 2 aliphatic heterocycles. The predicted octanol–water partition coefficient (Wildman–Crippen LogP) is 2.20. The van der Waals surface area contributed by atoms with Crippen molar-refractivity contribution in [3.63, 3.8) is 0 Å². The summed E-state index contributed by atoms with van der Waals surface area (Å²) in [5.74, 6) is 0.976. The Labute approximate surface area is 124 Å². The Kier molecular flexibility index (Phi) is 5.02. The molecule has 0 radical (unpaired) electrons. The lowest BCUT2D eigenvalue weighted by Gasteiger charge is -2.40. The minimum atomic E-state index is -0.608. The maximum atomic E-state index is 12.3. The van der Waals surface area contributed by atoms with Crippen molar-refractivity contribution >= 4 is 16.1 Å². The van der Waals surface area contributed by atoms with Crippen LogP contribution in [-0.2, 0) is 4.74 Å². The van der Waals surface area contributed by atoms with Gasteiger partial charge in [0.05, 0.1) is 6.04 Å². The number of amides is 1. The fourth-order valence-corrected chi connectivity index (χ4v) is 3.61. The number of carbonyl (C=O) groups is 1. The SMILES string of the molecule is C=CC[C@@H]1[C@@H]2CC[C@H](CN1C(=O)OCCS(C)(C)C)N2. The summed E-state index contributed by atoms with van der Waals surface area (Å²) in [6, 6.07) is 1.06. The van der Waals surface area contributed by atoms with Crippen LogP contribution in [-0.4, -0.2) is 66.8 Å². The van der Waals surface area contributed by atoms with Crippen molar-refractivity contribution in [2.75, 3.05) is 37.7 Å². The van der Waals surface area contributed by atoms with E-state index in [0.29, 0.717) is 18.7 Å². The molecule has 0 unspecified atom stereocenters. The number of rotatable bonds is 5. The fourth-order valence-electron chi connectivity index (χ4n) is 3.02. The third-order valence-corrected chi connectivity index (χ3v) is 5.51. The largest absolute Gasteiger partial charge is 0.449 e. The summed E-state index contributed by atoms with van der Waals surface area (Å²) in [6.07, 6.45) is 11.6. The normalized spacial score (nSPS) is 30.1. The highest BCUT2D eigenvalue weighted by Crippen LogP contribution is 2.34. The number of piperazine rings is 1. The molecule has 0 aromatic heterocycles. The molecular formula is C15H28N2O2S. The van der Waals surface area contributed by atoms with Gasteiger partial charge in [-0.1, -0.05) is 6.08 Å². The molecule has 2 fully saturated rings. The van der Waals surface area contributed by atoms with E-state index in [9.17, 15) is 4.79 Å². The average Bonchev–Trinajstić information content (AvgIpc) is 2.74. The first kappa shape index (κ1) is 15.7. The van der Waals surface area contributed by atoms with Gasteiger partial charge >= 0.3 is 6.09 Å². The summed E-state index contributed by atoms with van der Waals surface area (Å²) in [4.78, 5) is 14.3. The fraction of sp³-hybridized carbons (Fsp3) is 0.800. The maximum absolute atomic E-state index is 12.3. The first-order valence-electron chi connectivity index (χ1n) is 7.37. The van der Waals surface area contributed by atoms with Crippen LogP contribution in [0.5, 0.6) is 0 Å². The molecule has 116 valence electrons. The van der Waals surface area contributed by atoms with Crippen molar-refractivity contribution < 1.29 is 9.53 Å². The van der Waals surface area contributed by atoms with Crippen molar-refractivity contribution in [2.24, 2.45) is 0 Å². The van der Waals surface area contributed by atoms with Crippen LogP contribution in [0.1, 0.15) is 19.3 Å². The predicted molar refractivity (Wildman–Crippen MR) is 86.8 cm³/mol. The van der Waals surface area contributed by atoms with Crippen molar-refractivity contribution in [3.05, 3.63) is 12.7 Å². The zero-order chi connectivity index (χ0) is 14.8. The van der Waals surface area contributed by atoms with E-state index in [1.165, 1.54) is 0 Å². The molecule has 1 N–H and O–H groups in total. The Morgan fingerprint density at radius 1 is 1.45 bits per heavy atom. The standard InChI is InChI=1S/C15H28N2O2S/c1-5-6-14-13-8-7-12(16-13)11-17(14)15(18)19-9-10-20(2,3)4/h5,12-14,16H,1,6-11H2,2-4H3/t12-,13+,14-/m1/s1. The lowest BCUT2D eigenvalue weighted by Crippen LogP contribution is -2.59.